The Labute approximate surface area is 119 Å². The number of nitrogens with one attached hydrogen (secondary N) is 1. The van der Waals surface area contributed by atoms with Crippen LogP contribution >= 0.6 is 11.8 Å². The van der Waals surface area contributed by atoms with Gasteiger partial charge in [-0.15, -0.1) is 0 Å². The molecule has 0 saturated carbocycles. The molecule has 0 unspecified atom stereocenters. The topological polar surface area (TPSA) is 70.9 Å². The van der Waals surface area contributed by atoms with Crippen molar-refractivity contribution in [3.63, 3.8) is 0 Å². The van der Waals surface area contributed by atoms with Gasteiger partial charge in [0.05, 0.1) is 11.1 Å². The van der Waals surface area contributed by atoms with E-state index < -0.39 is 0 Å². The van der Waals surface area contributed by atoms with Crippen LogP contribution in [0.4, 0.5) is 0 Å². The standard InChI is InChI=1S/C14H13N3O2S/c1-8-7-9(3-4-11(8)18)17-13(19)10-5-6-15-12(10)16-14(17)20-2/h3-7,15,18H,1-2H3. The molecule has 0 aliphatic rings. The van der Waals surface area contributed by atoms with E-state index in [-0.39, 0.29) is 11.3 Å². The number of thioether (sulfide) groups is 1. The first-order valence-corrected chi connectivity index (χ1v) is 7.28. The van der Waals surface area contributed by atoms with E-state index in [2.05, 4.69) is 9.97 Å². The SMILES string of the molecule is CSc1nc2[nH]ccc2c(=O)n1-c1ccc(O)c(C)c1. The summed E-state index contributed by atoms with van der Waals surface area (Å²) in [5.41, 5.74) is 1.89. The molecule has 0 fully saturated rings. The maximum Gasteiger partial charge on any atom is 0.268 e. The normalized spacial score (nSPS) is 11.1. The van der Waals surface area contributed by atoms with E-state index in [0.29, 0.717) is 21.9 Å². The van der Waals surface area contributed by atoms with Crippen molar-refractivity contribution in [1.82, 2.24) is 14.5 Å². The zero-order valence-electron chi connectivity index (χ0n) is 11.0. The zero-order chi connectivity index (χ0) is 14.3. The van der Waals surface area contributed by atoms with E-state index in [1.807, 2.05) is 6.26 Å². The molecule has 20 heavy (non-hydrogen) atoms. The average Bonchev–Trinajstić information content (AvgIpc) is 2.90. The lowest BCUT2D eigenvalue weighted by molar-refractivity contribution is 0.471. The van der Waals surface area contributed by atoms with Crippen LogP contribution in [0, 0.1) is 6.92 Å². The molecule has 0 saturated heterocycles. The fourth-order valence-corrected chi connectivity index (χ4v) is 2.68. The van der Waals surface area contributed by atoms with E-state index >= 15 is 0 Å². The minimum absolute atomic E-state index is 0.120. The first-order chi connectivity index (χ1) is 9.61. The summed E-state index contributed by atoms with van der Waals surface area (Å²) in [7, 11) is 0. The van der Waals surface area contributed by atoms with E-state index in [0.717, 1.165) is 5.56 Å². The van der Waals surface area contributed by atoms with Crippen LogP contribution in [0.1, 0.15) is 5.56 Å². The highest BCUT2D eigenvalue weighted by Gasteiger charge is 2.13. The second-order valence-corrected chi connectivity index (χ2v) is 5.22. The Morgan fingerprint density at radius 1 is 1.35 bits per heavy atom. The number of phenols is 1. The molecule has 1 aromatic carbocycles. The third-order valence-corrected chi connectivity index (χ3v) is 3.82. The number of H-pyrrole nitrogens is 1. The number of benzene rings is 1. The van der Waals surface area contributed by atoms with E-state index in [9.17, 15) is 9.90 Å². The summed E-state index contributed by atoms with van der Waals surface area (Å²) < 4.78 is 1.56. The molecule has 3 rings (SSSR count). The molecule has 0 atom stereocenters. The third-order valence-electron chi connectivity index (χ3n) is 3.18. The molecular formula is C14H13N3O2S. The number of fused-ring (bicyclic) bond motifs is 1. The molecule has 2 N–H and O–H groups in total. The summed E-state index contributed by atoms with van der Waals surface area (Å²) in [6.07, 6.45) is 3.58. The summed E-state index contributed by atoms with van der Waals surface area (Å²) in [5.74, 6) is 0.211. The van der Waals surface area contributed by atoms with E-state index in [1.165, 1.54) is 11.8 Å². The molecule has 0 bridgehead atoms. The molecule has 2 heterocycles. The second-order valence-electron chi connectivity index (χ2n) is 4.45. The Kier molecular flexibility index (Phi) is 3.02. The monoisotopic (exact) mass is 287 g/mol. The van der Waals surface area contributed by atoms with Gasteiger partial charge in [0, 0.05) is 6.20 Å². The molecule has 0 spiro atoms. The van der Waals surface area contributed by atoms with Crippen LogP contribution in [-0.4, -0.2) is 25.9 Å². The van der Waals surface area contributed by atoms with Crippen LogP contribution < -0.4 is 5.56 Å². The van der Waals surface area contributed by atoms with Gasteiger partial charge in [0.1, 0.15) is 11.4 Å². The Morgan fingerprint density at radius 3 is 2.85 bits per heavy atom. The molecule has 0 aliphatic carbocycles. The van der Waals surface area contributed by atoms with Gasteiger partial charge in [-0.25, -0.2) is 4.98 Å². The number of aromatic nitrogens is 3. The predicted octanol–water partition coefficient (Wildman–Crippen LogP) is 2.45. The lowest BCUT2D eigenvalue weighted by Crippen LogP contribution is -2.21. The number of aromatic hydroxyl groups is 1. The minimum atomic E-state index is -0.120. The summed E-state index contributed by atoms with van der Waals surface area (Å²) >= 11 is 1.40. The van der Waals surface area contributed by atoms with Crippen LogP contribution in [0.2, 0.25) is 0 Å². The summed E-state index contributed by atoms with van der Waals surface area (Å²) in [4.78, 5) is 20.0. The molecule has 3 aromatic rings. The molecule has 0 aliphatic heterocycles. The van der Waals surface area contributed by atoms with Crippen molar-refractivity contribution in [2.24, 2.45) is 0 Å². The van der Waals surface area contributed by atoms with Crippen LogP contribution in [0.3, 0.4) is 0 Å². The smallest absolute Gasteiger partial charge is 0.268 e. The first-order valence-electron chi connectivity index (χ1n) is 6.06. The van der Waals surface area contributed by atoms with Crippen molar-refractivity contribution in [1.29, 1.82) is 0 Å². The minimum Gasteiger partial charge on any atom is -0.508 e. The molecule has 5 nitrogen and oxygen atoms in total. The number of aromatic amines is 1. The summed E-state index contributed by atoms with van der Waals surface area (Å²) in [6.45, 7) is 1.80. The van der Waals surface area contributed by atoms with Crippen molar-refractivity contribution < 1.29 is 5.11 Å². The fourth-order valence-electron chi connectivity index (χ4n) is 2.12. The highest BCUT2D eigenvalue weighted by molar-refractivity contribution is 7.98. The van der Waals surface area contributed by atoms with Gasteiger partial charge in [-0.2, -0.15) is 0 Å². The highest BCUT2D eigenvalue weighted by Crippen LogP contribution is 2.23. The quantitative estimate of drug-likeness (QED) is 0.561. The van der Waals surface area contributed by atoms with Crippen molar-refractivity contribution in [3.8, 4) is 11.4 Å². The van der Waals surface area contributed by atoms with Crippen LogP contribution in [0.15, 0.2) is 40.4 Å². The largest absolute Gasteiger partial charge is 0.508 e. The number of nitrogens with zero attached hydrogens (tertiary/aromatic N) is 2. The molecule has 2 aromatic heterocycles. The van der Waals surface area contributed by atoms with Crippen molar-refractivity contribution in [3.05, 3.63) is 46.4 Å². The van der Waals surface area contributed by atoms with Crippen molar-refractivity contribution >= 4 is 22.8 Å². The van der Waals surface area contributed by atoms with Crippen LogP contribution in [0.5, 0.6) is 5.75 Å². The van der Waals surface area contributed by atoms with Gasteiger partial charge in [-0.1, -0.05) is 11.8 Å². The predicted molar refractivity (Wildman–Crippen MR) is 79.9 cm³/mol. The maximum absolute atomic E-state index is 12.6. The Morgan fingerprint density at radius 2 is 2.15 bits per heavy atom. The Balaban J connectivity index is 2.36. The number of aryl methyl sites for hydroxylation is 1. The van der Waals surface area contributed by atoms with Gasteiger partial charge in [0.2, 0.25) is 0 Å². The average molecular weight is 287 g/mol. The van der Waals surface area contributed by atoms with E-state index in [4.69, 9.17) is 0 Å². The lowest BCUT2D eigenvalue weighted by Gasteiger charge is -2.11. The zero-order valence-corrected chi connectivity index (χ0v) is 11.9. The van der Waals surface area contributed by atoms with Crippen molar-refractivity contribution in [2.45, 2.75) is 12.1 Å². The number of phenolic OH excluding ortho intramolecular Hbond substituents is 1. The lowest BCUT2D eigenvalue weighted by atomic mass is 10.2. The first kappa shape index (κ1) is 12.8. The molecule has 0 radical (unpaired) electrons. The van der Waals surface area contributed by atoms with Gasteiger partial charge in [0.25, 0.3) is 5.56 Å². The number of hydrogen-bond acceptors (Lipinski definition) is 4. The third kappa shape index (κ3) is 1.89. The maximum atomic E-state index is 12.6. The Bertz CT molecular complexity index is 851. The van der Waals surface area contributed by atoms with Gasteiger partial charge in [-0.3, -0.25) is 9.36 Å². The molecule has 0 amide bonds. The van der Waals surface area contributed by atoms with Gasteiger partial charge >= 0.3 is 0 Å². The second kappa shape index (κ2) is 4.72. The summed E-state index contributed by atoms with van der Waals surface area (Å²) in [6, 6.07) is 6.79. The Hall–Kier alpha value is -2.21. The van der Waals surface area contributed by atoms with E-state index in [1.54, 1.807) is 42.0 Å². The number of rotatable bonds is 2. The van der Waals surface area contributed by atoms with Gasteiger partial charge in [-0.05, 0) is 43.0 Å². The van der Waals surface area contributed by atoms with Crippen LogP contribution in [0.25, 0.3) is 16.7 Å². The van der Waals surface area contributed by atoms with Crippen molar-refractivity contribution in [2.75, 3.05) is 6.26 Å². The molecule has 6 heteroatoms. The number of hydrogen-bond donors (Lipinski definition) is 2. The van der Waals surface area contributed by atoms with Gasteiger partial charge < -0.3 is 10.1 Å². The highest BCUT2D eigenvalue weighted by atomic mass is 32.2. The molecule has 102 valence electrons. The van der Waals surface area contributed by atoms with Crippen LogP contribution in [-0.2, 0) is 0 Å². The fraction of sp³-hybridized carbons (Fsp3) is 0.143. The summed E-state index contributed by atoms with van der Waals surface area (Å²) in [5, 5.41) is 10.8. The molecular weight excluding hydrogens is 274 g/mol. The van der Waals surface area contributed by atoms with Gasteiger partial charge in [0.15, 0.2) is 5.16 Å².